The second kappa shape index (κ2) is 14.6. The van der Waals surface area contributed by atoms with Crippen LogP contribution in [-0.4, -0.2) is 89.7 Å². The molecule has 2 unspecified atom stereocenters. The minimum Gasteiger partial charge on any atom is -0.368 e. The highest BCUT2D eigenvalue weighted by Gasteiger charge is 2.44. The molecule has 0 spiro atoms. The van der Waals surface area contributed by atoms with E-state index in [0.717, 1.165) is 62.3 Å². The van der Waals surface area contributed by atoms with Crippen molar-refractivity contribution in [3.8, 4) is 0 Å². The second-order valence-corrected chi connectivity index (χ2v) is 16.5. The number of amides is 4. The van der Waals surface area contributed by atoms with E-state index >= 15 is 0 Å². The minimum absolute atomic E-state index is 0.0319. The van der Waals surface area contributed by atoms with Gasteiger partial charge in [0.25, 0.3) is 0 Å². The molecule has 0 aromatic heterocycles. The Labute approximate surface area is 301 Å². The fraction of sp³-hybridized carbons (Fsp3) is 0.475. The van der Waals surface area contributed by atoms with Gasteiger partial charge in [-0.2, -0.15) is 0 Å². The van der Waals surface area contributed by atoms with Crippen LogP contribution in [0.25, 0.3) is 0 Å². The summed E-state index contributed by atoms with van der Waals surface area (Å²) < 4.78 is 0. The van der Waals surface area contributed by atoms with Gasteiger partial charge in [0.15, 0.2) is 0 Å². The van der Waals surface area contributed by atoms with Crippen molar-refractivity contribution in [2.24, 2.45) is 5.41 Å². The first-order valence-electron chi connectivity index (χ1n) is 18.2. The van der Waals surface area contributed by atoms with Crippen molar-refractivity contribution < 1.29 is 14.4 Å². The Hall–Kier alpha value is -4.18. The van der Waals surface area contributed by atoms with E-state index in [2.05, 4.69) is 96.6 Å². The van der Waals surface area contributed by atoms with E-state index in [-0.39, 0.29) is 41.1 Å². The number of hydrogen-bond acceptors (Lipinski definition) is 6. The molecule has 0 bridgehead atoms. The number of carbonyl (C=O) groups is 3. The van der Waals surface area contributed by atoms with Crippen LogP contribution in [0, 0.1) is 5.41 Å². The van der Waals surface area contributed by atoms with E-state index in [1.165, 1.54) is 11.4 Å². The third-order valence-corrected chi connectivity index (χ3v) is 12.1. The van der Waals surface area contributed by atoms with Gasteiger partial charge in [0, 0.05) is 87.4 Å². The summed E-state index contributed by atoms with van der Waals surface area (Å²) >= 11 is 1.65. The molecular weight excluding hydrogens is 645 g/mol. The Morgan fingerprint density at radius 2 is 1.48 bits per heavy atom. The lowest BCUT2D eigenvalue weighted by Gasteiger charge is -2.40. The number of nitrogens with one attached hydrogen (secondary N) is 1. The number of piperidine rings is 1. The third-order valence-electron chi connectivity index (χ3n) is 10.7. The predicted molar refractivity (Wildman–Crippen MR) is 202 cm³/mol. The van der Waals surface area contributed by atoms with E-state index in [1.54, 1.807) is 11.8 Å². The van der Waals surface area contributed by atoms with E-state index in [1.807, 2.05) is 32.9 Å². The zero-order valence-electron chi connectivity index (χ0n) is 29.6. The molecule has 0 aliphatic carbocycles. The number of anilines is 3. The van der Waals surface area contributed by atoms with Gasteiger partial charge in [-0.15, -0.1) is 11.8 Å². The highest BCUT2D eigenvalue weighted by atomic mass is 32.2. The summed E-state index contributed by atoms with van der Waals surface area (Å²) in [6.07, 6.45) is 2.55. The fourth-order valence-electron chi connectivity index (χ4n) is 7.71. The zero-order valence-corrected chi connectivity index (χ0v) is 30.4. The number of piperazine rings is 1. The van der Waals surface area contributed by atoms with Crippen LogP contribution in [0.15, 0.2) is 78.9 Å². The van der Waals surface area contributed by atoms with Crippen molar-refractivity contribution in [1.29, 1.82) is 0 Å². The Kier molecular flexibility index (Phi) is 10.00. The summed E-state index contributed by atoms with van der Waals surface area (Å²) in [6.45, 7) is 12.8. The van der Waals surface area contributed by atoms with Crippen molar-refractivity contribution in [1.82, 2.24) is 14.7 Å². The topological polar surface area (TPSA) is 79.4 Å². The SMILES string of the molecule is CC(C)(C)CCN1C(=O)C(CC(=O)N2CCC(N3Cc4ccccc4NC3=O)CC2)SC1c1ccccc1N1CCN(c2ccccc2)CC1. The average Bonchev–Trinajstić information content (AvgIpc) is 3.44. The molecular formula is C40H50N6O3S. The standard InChI is InChI=1S/C40H50N6O3S/c1-40(2,3)19-22-45-37(48)35(27-36(47)44-20-17-31(18-21-44)46-28-29-11-7-9-15-33(29)41-39(46)49)50-38(45)32-14-8-10-16-34(32)43-25-23-42(24-26-43)30-12-5-4-6-13-30/h4-16,31,35,38H,17-28H2,1-3H3,(H,41,49). The number of hydrogen-bond donors (Lipinski definition) is 1. The summed E-state index contributed by atoms with van der Waals surface area (Å²) in [6, 6.07) is 27.1. The number of carbonyl (C=O) groups excluding carboxylic acids is 3. The Morgan fingerprint density at radius 3 is 2.22 bits per heavy atom. The van der Waals surface area contributed by atoms with Gasteiger partial charge in [0.2, 0.25) is 11.8 Å². The quantitative estimate of drug-likeness (QED) is 0.279. The molecule has 0 radical (unpaired) electrons. The van der Waals surface area contributed by atoms with Gasteiger partial charge in [-0.25, -0.2) is 4.79 Å². The average molecular weight is 695 g/mol. The van der Waals surface area contributed by atoms with E-state index < -0.39 is 5.25 Å². The van der Waals surface area contributed by atoms with Gasteiger partial charge in [-0.3, -0.25) is 9.59 Å². The maximum atomic E-state index is 14.2. The molecule has 4 amide bonds. The molecule has 2 atom stereocenters. The number of nitrogens with zero attached hydrogens (tertiary/aromatic N) is 5. The molecule has 4 aliphatic rings. The summed E-state index contributed by atoms with van der Waals surface area (Å²) in [5.41, 5.74) is 5.67. The molecule has 50 heavy (non-hydrogen) atoms. The monoisotopic (exact) mass is 694 g/mol. The predicted octanol–water partition coefficient (Wildman–Crippen LogP) is 6.82. The molecule has 0 saturated carbocycles. The first-order chi connectivity index (χ1) is 24.1. The lowest BCUT2D eigenvalue weighted by atomic mass is 9.92. The van der Waals surface area contributed by atoms with Crippen LogP contribution >= 0.6 is 11.8 Å². The number of fused-ring (bicyclic) bond motifs is 1. The van der Waals surface area contributed by atoms with E-state index in [9.17, 15) is 14.4 Å². The fourth-order valence-corrected chi connectivity index (χ4v) is 9.21. The van der Waals surface area contributed by atoms with Gasteiger partial charge in [-0.05, 0) is 54.5 Å². The Morgan fingerprint density at radius 1 is 0.820 bits per heavy atom. The summed E-state index contributed by atoms with van der Waals surface area (Å²) in [4.78, 5) is 51.6. The van der Waals surface area contributed by atoms with Crippen LogP contribution in [0.2, 0.25) is 0 Å². The van der Waals surface area contributed by atoms with Gasteiger partial charge in [0.1, 0.15) is 5.37 Å². The molecule has 1 N–H and O–H groups in total. The number of para-hydroxylation sites is 3. The van der Waals surface area contributed by atoms with Crippen molar-refractivity contribution in [3.05, 3.63) is 90.0 Å². The first-order valence-corrected chi connectivity index (χ1v) is 19.1. The van der Waals surface area contributed by atoms with Crippen molar-refractivity contribution in [3.63, 3.8) is 0 Å². The Balaban J connectivity index is 1.02. The number of rotatable bonds is 8. The number of urea groups is 1. The maximum absolute atomic E-state index is 14.2. The molecule has 3 fully saturated rings. The van der Waals surface area contributed by atoms with Crippen LogP contribution in [-0.2, 0) is 16.1 Å². The Bertz CT molecular complexity index is 1680. The van der Waals surface area contributed by atoms with Crippen molar-refractivity contribution in [2.75, 3.05) is 60.9 Å². The van der Waals surface area contributed by atoms with Crippen LogP contribution < -0.4 is 15.1 Å². The molecule has 4 aliphatic heterocycles. The first kappa shape index (κ1) is 34.3. The van der Waals surface area contributed by atoms with Gasteiger partial charge < -0.3 is 29.8 Å². The minimum atomic E-state index is -0.419. The highest BCUT2D eigenvalue weighted by molar-refractivity contribution is 8.01. The van der Waals surface area contributed by atoms with Gasteiger partial charge >= 0.3 is 6.03 Å². The van der Waals surface area contributed by atoms with Gasteiger partial charge in [0.05, 0.1) is 5.25 Å². The maximum Gasteiger partial charge on any atom is 0.322 e. The molecule has 3 aromatic carbocycles. The lowest BCUT2D eigenvalue weighted by molar-refractivity contribution is -0.137. The van der Waals surface area contributed by atoms with Crippen LogP contribution in [0.1, 0.15) is 63.0 Å². The number of likely N-dealkylation sites (tertiary alicyclic amines) is 1. The molecule has 10 heteroatoms. The smallest absolute Gasteiger partial charge is 0.322 e. The molecule has 7 rings (SSSR count). The number of thioether (sulfide) groups is 1. The number of benzene rings is 3. The van der Waals surface area contributed by atoms with Gasteiger partial charge in [-0.1, -0.05) is 75.4 Å². The summed E-state index contributed by atoms with van der Waals surface area (Å²) in [7, 11) is 0. The normalized spacial score (nSPS) is 21.8. The summed E-state index contributed by atoms with van der Waals surface area (Å²) in [5.74, 6) is 0.101. The van der Waals surface area contributed by atoms with Crippen molar-refractivity contribution >= 4 is 46.7 Å². The third kappa shape index (κ3) is 7.45. The van der Waals surface area contributed by atoms with Crippen LogP contribution in [0.4, 0.5) is 21.9 Å². The molecule has 3 saturated heterocycles. The van der Waals surface area contributed by atoms with Crippen LogP contribution in [0.5, 0.6) is 0 Å². The van der Waals surface area contributed by atoms with Crippen molar-refractivity contribution in [2.45, 2.75) is 69.7 Å². The van der Waals surface area contributed by atoms with E-state index in [0.29, 0.717) is 26.2 Å². The molecule has 3 aromatic rings. The van der Waals surface area contributed by atoms with E-state index in [4.69, 9.17) is 0 Å². The lowest BCUT2D eigenvalue weighted by Crippen LogP contribution is -2.51. The molecule has 264 valence electrons. The molecule has 9 nitrogen and oxygen atoms in total. The zero-order chi connectivity index (χ0) is 34.8. The second-order valence-electron chi connectivity index (χ2n) is 15.2. The largest absolute Gasteiger partial charge is 0.368 e. The van der Waals surface area contributed by atoms with Crippen LogP contribution in [0.3, 0.4) is 0 Å². The summed E-state index contributed by atoms with van der Waals surface area (Å²) in [5, 5.41) is 2.47. The highest BCUT2D eigenvalue weighted by Crippen LogP contribution is 2.48. The molecule has 4 heterocycles.